The van der Waals surface area contributed by atoms with E-state index in [2.05, 4.69) is 10.6 Å². The van der Waals surface area contributed by atoms with Gasteiger partial charge < -0.3 is 20.3 Å². The van der Waals surface area contributed by atoms with Gasteiger partial charge in [-0.25, -0.2) is 9.59 Å². The van der Waals surface area contributed by atoms with Gasteiger partial charge in [-0.2, -0.15) is 0 Å². The van der Waals surface area contributed by atoms with Crippen molar-refractivity contribution in [3.05, 3.63) is 64.7 Å². The molecule has 2 aromatic carbocycles. The van der Waals surface area contributed by atoms with Crippen LogP contribution in [0.3, 0.4) is 0 Å². The number of benzene rings is 2. The summed E-state index contributed by atoms with van der Waals surface area (Å²) in [5, 5.41) is 6.56. The standard InChI is InChI=1S/C20H22ClN3O3/c1-2-27-19(25)16-12-15(8-9-17(16)21)23-20(26)24-11-10-22-18(13-24)14-6-4-3-5-7-14/h3-9,12,18,22H,2,10-11,13H2,1H3,(H,23,26)/t18-/m1/s1. The normalized spacial score (nSPS) is 16.7. The summed E-state index contributed by atoms with van der Waals surface area (Å²) < 4.78 is 4.99. The second-order valence-electron chi connectivity index (χ2n) is 6.21. The van der Waals surface area contributed by atoms with Crippen LogP contribution in [0.15, 0.2) is 48.5 Å². The number of nitrogens with one attached hydrogen (secondary N) is 2. The van der Waals surface area contributed by atoms with Crippen LogP contribution in [0, 0.1) is 0 Å². The molecule has 0 spiro atoms. The molecular formula is C20H22ClN3O3. The van der Waals surface area contributed by atoms with Gasteiger partial charge in [-0.15, -0.1) is 0 Å². The molecule has 2 amide bonds. The number of amides is 2. The predicted molar refractivity (Wildman–Crippen MR) is 105 cm³/mol. The molecule has 1 heterocycles. The number of nitrogens with zero attached hydrogens (tertiary/aromatic N) is 1. The zero-order valence-electron chi connectivity index (χ0n) is 15.1. The first-order valence-corrected chi connectivity index (χ1v) is 9.27. The first-order chi connectivity index (χ1) is 13.1. The smallest absolute Gasteiger partial charge is 0.339 e. The summed E-state index contributed by atoms with van der Waals surface area (Å²) in [6.07, 6.45) is 0. The number of carbonyl (C=O) groups is 2. The maximum absolute atomic E-state index is 12.7. The number of piperazine rings is 1. The molecule has 2 aromatic rings. The number of esters is 1. The summed E-state index contributed by atoms with van der Waals surface area (Å²) in [5.74, 6) is -0.509. The molecule has 3 rings (SSSR count). The van der Waals surface area contributed by atoms with Gasteiger partial charge in [0, 0.05) is 25.3 Å². The van der Waals surface area contributed by atoms with Crippen LogP contribution < -0.4 is 10.6 Å². The van der Waals surface area contributed by atoms with Crippen molar-refractivity contribution in [2.24, 2.45) is 0 Å². The second kappa shape index (κ2) is 8.88. The Morgan fingerprint density at radius 3 is 2.78 bits per heavy atom. The van der Waals surface area contributed by atoms with Gasteiger partial charge >= 0.3 is 12.0 Å². The van der Waals surface area contributed by atoms with E-state index in [9.17, 15) is 9.59 Å². The Balaban J connectivity index is 1.68. The van der Waals surface area contributed by atoms with Crippen LogP contribution in [0.25, 0.3) is 0 Å². The Hall–Kier alpha value is -2.57. The van der Waals surface area contributed by atoms with Crippen LogP contribution in [0.2, 0.25) is 5.02 Å². The minimum Gasteiger partial charge on any atom is -0.462 e. The quantitative estimate of drug-likeness (QED) is 0.785. The summed E-state index contributed by atoms with van der Waals surface area (Å²) in [7, 11) is 0. The van der Waals surface area contributed by atoms with Crippen LogP contribution in [-0.4, -0.2) is 43.1 Å². The molecule has 0 bridgehead atoms. The molecule has 2 N–H and O–H groups in total. The lowest BCUT2D eigenvalue weighted by atomic mass is 10.0. The summed E-state index contributed by atoms with van der Waals surface area (Å²) in [5.41, 5.74) is 1.88. The van der Waals surface area contributed by atoms with E-state index >= 15 is 0 Å². The molecule has 1 saturated heterocycles. The lowest BCUT2D eigenvalue weighted by Gasteiger charge is -2.34. The van der Waals surface area contributed by atoms with Gasteiger partial charge in [0.15, 0.2) is 0 Å². The van der Waals surface area contributed by atoms with Crippen LogP contribution in [-0.2, 0) is 4.74 Å². The first kappa shape index (κ1) is 19.2. The van der Waals surface area contributed by atoms with Crippen molar-refractivity contribution in [1.29, 1.82) is 0 Å². The molecular weight excluding hydrogens is 366 g/mol. The zero-order valence-corrected chi connectivity index (χ0v) is 15.8. The molecule has 1 fully saturated rings. The Morgan fingerprint density at radius 1 is 1.26 bits per heavy atom. The molecule has 0 aromatic heterocycles. The van der Waals surface area contributed by atoms with Crippen LogP contribution >= 0.6 is 11.6 Å². The second-order valence-corrected chi connectivity index (χ2v) is 6.62. The number of carbonyl (C=O) groups excluding carboxylic acids is 2. The number of urea groups is 1. The monoisotopic (exact) mass is 387 g/mol. The molecule has 142 valence electrons. The highest BCUT2D eigenvalue weighted by atomic mass is 35.5. The summed E-state index contributed by atoms with van der Waals surface area (Å²) in [6.45, 7) is 3.86. The van der Waals surface area contributed by atoms with E-state index in [0.717, 1.165) is 5.56 Å². The lowest BCUT2D eigenvalue weighted by molar-refractivity contribution is 0.0526. The van der Waals surface area contributed by atoms with Crippen LogP contribution in [0.5, 0.6) is 0 Å². The molecule has 0 saturated carbocycles. The first-order valence-electron chi connectivity index (χ1n) is 8.89. The number of anilines is 1. The molecule has 7 heteroatoms. The SMILES string of the molecule is CCOC(=O)c1cc(NC(=O)N2CCN[C@@H](c3ccccc3)C2)ccc1Cl. The van der Waals surface area contributed by atoms with E-state index in [1.807, 2.05) is 30.3 Å². The predicted octanol–water partition coefficient (Wildman–Crippen LogP) is 3.70. The van der Waals surface area contributed by atoms with Crippen molar-refractivity contribution in [2.75, 3.05) is 31.6 Å². The molecule has 1 aliphatic heterocycles. The van der Waals surface area contributed by atoms with Crippen molar-refractivity contribution < 1.29 is 14.3 Å². The van der Waals surface area contributed by atoms with Crippen molar-refractivity contribution in [2.45, 2.75) is 13.0 Å². The van der Waals surface area contributed by atoms with Crippen molar-refractivity contribution in [3.8, 4) is 0 Å². The zero-order chi connectivity index (χ0) is 19.2. The van der Waals surface area contributed by atoms with Crippen LogP contribution in [0.1, 0.15) is 28.9 Å². The van der Waals surface area contributed by atoms with Crippen molar-refractivity contribution >= 4 is 29.3 Å². The third-order valence-corrected chi connectivity index (χ3v) is 4.71. The Labute approximate surface area is 163 Å². The van der Waals surface area contributed by atoms with Gasteiger partial charge in [0.05, 0.1) is 23.2 Å². The fraction of sp³-hybridized carbons (Fsp3) is 0.300. The highest BCUT2D eigenvalue weighted by Crippen LogP contribution is 2.23. The highest BCUT2D eigenvalue weighted by molar-refractivity contribution is 6.33. The Morgan fingerprint density at radius 2 is 2.04 bits per heavy atom. The van der Waals surface area contributed by atoms with Gasteiger partial charge in [0.2, 0.25) is 0 Å². The highest BCUT2D eigenvalue weighted by Gasteiger charge is 2.24. The van der Waals surface area contributed by atoms with Gasteiger partial charge in [0.25, 0.3) is 0 Å². The molecule has 0 aliphatic carbocycles. The Kier molecular flexibility index (Phi) is 6.32. The third kappa shape index (κ3) is 4.78. The van der Waals surface area contributed by atoms with Gasteiger partial charge in [0.1, 0.15) is 0 Å². The molecule has 0 unspecified atom stereocenters. The average Bonchev–Trinajstić information content (AvgIpc) is 2.70. The van der Waals surface area contributed by atoms with Crippen LogP contribution in [0.4, 0.5) is 10.5 Å². The summed E-state index contributed by atoms with van der Waals surface area (Å²) in [4.78, 5) is 26.4. The maximum atomic E-state index is 12.7. The minimum atomic E-state index is -0.509. The molecule has 0 radical (unpaired) electrons. The molecule has 6 nitrogen and oxygen atoms in total. The van der Waals surface area contributed by atoms with Crippen molar-refractivity contribution in [1.82, 2.24) is 10.2 Å². The number of hydrogen-bond donors (Lipinski definition) is 2. The lowest BCUT2D eigenvalue weighted by Crippen LogP contribution is -2.49. The van der Waals surface area contributed by atoms with E-state index < -0.39 is 5.97 Å². The van der Waals surface area contributed by atoms with E-state index in [1.165, 1.54) is 6.07 Å². The van der Waals surface area contributed by atoms with E-state index in [0.29, 0.717) is 25.3 Å². The summed E-state index contributed by atoms with van der Waals surface area (Å²) >= 11 is 6.07. The summed E-state index contributed by atoms with van der Waals surface area (Å²) in [6, 6.07) is 14.7. The number of ether oxygens (including phenoxy) is 1. The van der Waals surface area contributed by atoms with E-state index in [4.69, 9.17) is 16.3 Å². The van der Waals surface area contributed by atoms with Gasteiger partial charge in [-0.3, -0.25) is 0 Å². The number of hydrogen-bond acceptors (Lipinski definition) is 4. The number of halogens is 1. The maximum Gasteiger partial charge on any atom is 0.339 e. The fourth-order valence-electron chi connectivity index (χ4n) is 3.01. The Bertz CT molecular complexity index is 813. The van der Waals surface area contributed by atoms with E-state index in [-0.39, 0.29) is 29.3 Å². The van der Waals surface area contributed by atoms with Gasteiger partial charge in [-0.1, -0.05) is 41.9 Å². The fourth-order valence-corrected chi connectivity index (χ4v) is 3.21. The van der Waals surface area contributed by atoms with Gasteiger partial charge in [-0.05, 0) is 30.7 Å². The molecule has 27 heavy (non-hydrogen) atoms. The largest absolute Gasteiger partial charge is 0.462 e. The average molecular weight is 388 g/mol. The van der Waals surface area contributed by atoms with Crippen molar-refractivity contribution in [3.63, 3.8) is 0 Å². The number of rotatable bonds is 4. The molecule has 1 atom stereocenters. The van der Waals surface area contributed by atoms with E-state index in [1.54, 1.807) is 24.0 Å². The third-order valence-electron chi connectivity index (χ3n) is 4.38. The minimum absolute atomic E-state index is 0.0889. The topological polar surface area (TPSA) is 70.7 Å². The molecule has 1 aliphatic rings.